The zero-order valence-corrected chi connectivity index (χ0v) is 17.4. The van der Waals surface area contributed by atoms with Gasteiger partial charge in [-0.2, -0.15) is 4.99 Å². The van der Waals surface area contributed by atoms with Crippen LogP contribution in [0.25, 0.3) is 6.08 Å². The zero-order valence-electron chi connectivity index (χ0n) is 16.6. The number of benzene rings is 1. The number of para-hydroxylation sites is 1. The van der Waals surface area contributed by atoms with Gasteiger partial charge < -0.3 is 14.4 Å². The van der Waals surface area contributed by atoms with Crippen molar-refractivity contribution in [1.29, 1.82) is 0 Å². The van der Waals surface area contributed by atoms with Gasteiger partial charge in [0.2, 0.25) is 0 Å². The fourth-order valence-electron chi connectivity index (χ4n) is 3.67. The van der Waals surface area contributed by atoms with E-state index in [4.69, 9.17) is 9.47 Å². The van der Waals surface area contributed by atoms with Gasteiger partial charge in [0.25, 0.3) is 5.91 Å². The lowest BCUT2D eigenvalue weighted by Gasteiger charge is -2.31. The molecule has 1 saturated heterocycles. The highest BCUT2D eigenvalue weighted by molar-refractivity contribution is 8.18. The Morgan fingerprint density at radius 3 is 2.86 bits per heavy atom. The molecular weight excluding hydrogens is 388 g/mol. The van der Waals surface area contributed by atoms with Gasteiger partial charge >= 0.3 is 5.97 Å². The first kappa shape index (κ1) is 19.8. The fourth-order valence-corrected chi connectivity index (χ4v) is 4.64. The monoisotopic (exact) mass is 412 g/mol. The quantitative estimate of drug-likeness (QED) is 0.558. The normalized spacial score (nSPS) is 23.4. The molecule has 1 amide bonds. The summed E-state index contributed by atoms with van der Waals surface area (Å²) in [6, 6.07) is 7.86. The van der Waals surface area contributed by atoms with E-state index in [2.05, 4.69) is 16.0 Å². The molecule has 0 bridgehead atoms. The SMILES string of the molecule is CCOC(=O)C1CCN(C2=NC(=O)/C(=C/C3=Cc4ccccc4OC3C)S2)CC1. The van der Waals surface area contributed by atoms with Crippen molar-refractivity contribution in [3.63, 3.8) is 0 Å². The molecule has 1 aromatic carbocycles. The van der Waals surface area contributed by atoms with Crippen LogP contribution in [0.5, 0.6) is 5.75 Å². The van der Waals surface area contributed by atoms with E-state index in [1.54, 1.807) is 0 Å². The maximum absolute atomic E-state index is 12.5. The predicted octanol–water partition coefficient (Wildman–Crippen LogP) is 3.64. The van der Waals surface area contributed by atoms with Crippen LogP contribution in [0.15, 0.2) is 45.8 Å². The zero-order chi connectivity index (χ0) is 20.4. The topological polar surface area (TPSA) is 68.2 Å². The number of thioether (sulfide) groups is 1. The summed E-state index contributed by atoms with van der Waals surface area (Å²) in [6.07, 6.45) is 5.26. The number of amides is 1. The Bertz CT molecular complexity index is 913. The van der Waals surface area contributed by atoms with Crippen LogP contribution in [0, 0.1) is 5.92 Å². The molecule has 1 fully saturated rings. The summed E-state index contributed by atoms with van der Waals surface area (Å²) in [5.74, 6) is 0.455. The van der Waals surface area contributed by atoms with Crippen LogP contribution in [0.3, 0.4) is 0 Å². The van der Waals surface area contributed by atoms with E-state index in [1.807, 2.05) is 44.2 Å². The molecule has 0 spiro atoms. The molecule has 29 heavy (non-hydrogen) atoms. The number of hydrogen-bond acceptors (Lipinski definition) is 6. The Balaban J connectivity index is 1.43. The van der Waals surface area contributed by atoms with Crippen molar-refractivity contribution in [2.75, 3.05) is 19.7 Å². The number of aliphatic imine (C=N–C) groups is 1. The third-order valence-corrected chi connectivity index (χ3v) is 6.35. The summed E-state index contributed by atoms with van der Waals surface area (Å²) in [5.41, 5.74) is 1.96. The summed E-state index contributed by atoms with van der Waals surface area (Å²) < 4.78 is 11.1. The van der Waals surface area contributed by atoms with E-state index in [-0.39, 0.29) is 23.9 Å². The van der Waals surface area contributed by atoms with Crippen LogP contribution in [-0.4, -0.2) is 47.7 Å². The van der Waals surface area contributed by atoms with E-state index < -0.39 is 0 Å². The molecule has 7 heteroatoms. The van der Waals surface area contributed by atoms with Gasteiger partial charge in [0.15, 0.2) is 5.17 Å². The van der Waals surface area contributed by atoms with E-state index in [0.29, 0.717) is 29.8 Å². The van der Waals surface area contributed by atoms with Crippen LogP contribution >= 0.6 is 11.8 Å². The lowest BCUT2D eigenvalue weighted by molar-refractivity contribution is -0.149. The van der Waals surface area contributed by atoms with E-state index in [9.17, 15) is 9.59 Å². The minimum atomic E-state index is -0.218. The standard InChI is InChI=1S/C22H24N2O4S/c1-3-27-21(26)15-8-10-24(11-9-15)22-23-20(25)19(29-22)13-17-12-16-6-4-5-7-18(16)28-14(17)2/h4-7,12-15H,3,8-11H2,1-2H3/b19-13-. The number of nitrogens with zero attached hydrogens (tertiary/aromatic N) is 2. The predicted molar refractivity (Wildman–Crippen MR) is 114 cm³/mol. The van der Waals surface area contributed by atoms with Crippen molar-refractivity contribution in [2.24, 2.45) is 10.9 Å². The van der Waals surface area contributed by atoms with Gasteiger partial charge in [-0.05, 0) is 62.2 Å². The van der Waals surface area contributed by atoms with Crippen molar-refractivity contribution in [1.82, 2.24) is 4.90 Å². The molecular formula is C22H24N2O4S. The minimum Gasteiger partial charge on any atom is -0.485 e. The lowest BCUT2D eigenvalue weighted by atomic mass is 9.97. The van der Waals surface area contributed by atoms with Gasteiger partial charge in [0.1, 0.15) is 11.9 Å². The Morgan fingerprint density at radius 2 is 2.10 bits per heavy atom. The number of ether oxygens (including phenoxy) is 2. The molecule has 1 atom stereocenters. The highest BCUT2D eigenvalue weighted by Crippen LogP contribution is 2.35. The summed E-state index contributed by atoms with van der Waals surface area (Å²) in [4.78, 5) is 31.3. The Labute approximate surface area is 174 Å². The maximum atomic E-state index is 12.5. The van der Waals surface area contributed by atoms with Crippen LogP contribution in [0.4, 0.5) is 0 Å². The average Bonchev–Trinajstić information content (AvgIpc) is 3.09. The Hall–Kier alpha value is -2.54. The molecule has 3 heterocycles. The first-order valence-corrected chi connectivity index (χ1v) is 10.8. The number of hydrogen-bond donors (Lipinski definition) is 0. The van der Waals surface area contributed by atoms with Crippen molar-refractivity contribution < 1.29 is 19.1 Å². The number of fused-ring (bicyclic) bond motifs is 1. The summed E-state index contributed by atoms with van der Waals surface area (Å²) in [5, 5.41) is 0.717. The molecule has 0 aliphatic carbocycles. The number of amidine groups is 1. The number of rotatable bonds is 3. The van der Waals surface area contributed by atoms with Gasteiger partial charge in [-0.1, -0.05) is 18.2 Å². The summed E-state index contributed by atoms with van der Waals surface area (Å²) >= 11 is 1.40. The summed E-state index contributed by atoms with van der Waals surface area (Å²) in [7, 11) is 0. The number of likely N-dealkylation sites (tertiary alicyclic amines) is 1. The number of carbonyl (C=O) groups excluding carboxylic acids is 2. The molecule has 3 aliphatic rings. The van der Waals surface area contributed by atoms with E-state index in [0.717, 1.165) is 29.7 Å². The first-order valence-electron chi connectivity index (χ1n) is 9.96. The van der Waals surface area contributed by atoms with Gasteiger partial charge in [-0.25, -0.2) is 0 Å². The molecule has 3 aliphatic heterocycles. The fraction of sp³-hybridized carbons (Fsp3) is 0.409. The number of piperidine rings is 1. The lowest BCUT2D eigenvalue weighted by Crippen LogP contribution is -2.39. The van der Waals surface area contributed by atoms with E-state index in [1.165, 1.54) is 11.8 Å². The van der Waals surface area contributed by atoms with Gasteiger partial charge in [0.05, 0.1) is 17.4 Å². The molecule has 0 aromatic heterocycles. The Morgan fingerprint density at radius 1 is 1.34 bits per heavy atom. The Kier molecular flexibility index (Phi) is 5.76. The molecule has 4 rings (SSSR count). The highest BCUT2D eigenvalue weighted by Gasteiger charge is 2.32. The molecule has 1 unspecified atom stereocenters. The molecule has 0 saturated carbocycles. The van der Waals surface area contributed by atoms with Gasteiger partial charge in [-0.15, -0.1) is 0 Å². The molecule has 152 valence electrons. The van der Waals surface area contributed by atoms with Crippen LogP contribution in [0.2, 0.25) is 0 Å². The largest absolute Gasteiger partial charge is 0.485 e. The third-order valence-electron chi connectivity index (χ3n) is 5.31. The smallest absolute Gasteiger partial charge is 0.309 e. The van der Waals surface area contributed by atoms with Crippen molar-refractivity contribution in [3.8, 4) is 5.75 Å². The molecule has 0 radical (unpaired) electrons. The number of esters is 1. The summed E-state index contributed by atoms with van der Waals surface area (Å²) in [6.45, 7) is 5.61. The minimum absolute atomic E-state index is 0.0608. The molecule has 6 nitrogen and oxygen atoms in total. The first-order chi connectivity index (χ1) is 14.0. The van der Waals surface area contributed by atoms with E-state index >= 15 is 0 Å². The van der Waals surface area contributed by atoms with Crippen LogP contribution in [-0.2, 0) is 14.3 Å². The van der Waals surface area contributed by atoms with Crippen molar-refractivity contribution >= 4 is 34.9 Å². The van der Waals surface area contributed by atoms with Crippen LogP contribution < -0.4 is 4.74 Å². The molecule has 0 N–H and O–H groups in total. The third kappa shape index (κ3) is 4.24. The van der Waals surface area contributed by atoms with Gasteiger partial charge in [0, 0.05) is 18.7 Å². The second kappa shape index (κ2) is 8.45. The number of carbonyl (C=O) groups is 2. The van der Waals surface area contributed by atoms with Crippen molar-refractivity contribution in [2.45, 2.75) is 32.8 Å². The second-order valence-electron chi connectivity index (χ2n) is 7.27. The average molecular weight is 413 g/mol. The highest BCUT2D eigenvalue weighted by atomic mass is 32.2. The van der Waals surface area contributed by atoms with Crippen LogP contribution in [0.1, 0.15) is 32.3 Å². The maximum Gasteiger partial charge on any atom is 0.309 e. The van der Waals surface area contributed by atoms with Gasteiger partial charge in [-0.3, -0.25) is 9.59 Å². The second-order valence-corrected chi connectivity index (χ2v) is 8.27. The van der Waals surface area contributed by atoms with Crippen molar-refractivity contribution in [3.05, 3.63) is 46.4 Å². The molecule has 1 aromatic rings.